The molecule has 0 radical (unpaired) electrons. The van der Waals surface area contributed by atoms with Crippen LogP contribution in [-0.2, 0) is 6.54 Å². The van der Waals surface area contributed by atoms with Crippen molar-refractivity contribution in [2.24, 2.45) is 4.99 Å². The molecule has 0 bridgehead atoms. The summed E-state index contributed by atoms with van der Waals surface area (Å²) in [6.07, 6.45) is 4.95. The van der Waals surface area contributed by atoms with Crippen LogP contribution in [0.5, 0.6) is 0 Å². The molecule has 1 saturated carbocycles. The van der Waals surface area contributed by atoms with Gasteiger partial charge < -0.3 is 15.2 Å². The maximum absolute atomic E-state index is 5.92. The van der Waals surface area contributed by atoms with Crippen molar-refractivity contribution in [3.8, 4) is 11.4 Å². The zero-order chi connectivity index (χ0) is 19.1. The lowest BCUT2D eigenvalue weighted by atomic mass is 9.95. The highest BCUT2D eigenvalue weighted by Crippen LogP contribution is 2.28. The summed E-state index contributed by atoms with van der Waals surface area (Å²) in [5.74, 6) is 3.02. The van der Waals surface area contributed by atoms with Crippen molar-refractivity contribution < 1.29 is 4.52 Å². The molecule has 0 spiro atoms. The van der Waals surface area contributed by atoms with Crippen LogP contribution in [0, 0.1) is 0 Å². The van der Waals surface area contributed by atoms with Gasteiger partial charge in [-0.3, -0.25) is 4.99 Å². The molecule has 1 heterocycles. The Hall–Kier alpha value is -1.73. The van der Waals surface area contributed by atoms with Crippen LogP contribution in [0.25, 0.3) is 11.4 Å². The smallest absolute Gasteiger partial charge is 0.246 e. The summed E-state index contributed by atoms with van der Waals surface area (Å²) in [5, 5.41) is 12.3. The molecule has 2 atom stereocenters. The van der Waals surface area contributed by atoms with Gasteiger partial charge >= 0.3 is 0 Å². The molecular weight excluding hydrogens is 382 g/mol. The normalized spacial score (nSPS) is 20.5. The highest BCUT2D eigenvalue weighted by molar-refractivity contribution is 7.99. The van der Waals surface area contributed by atoms with Crippen molar-refractivity contribution in [3.63, 3.8) is 0 Å². The largest absolute Gasteiger partial charge is 0.354 e. The molecule has 27 heavy (non-hydrogen) atoms. The molecule has 1 aromatic heterocycles. The molecule has 3 rings (SSSR count). The lowest BCUT2D eigenvalue weighted by molar-refractivity contribution is 0.373. The minimum absolute atomic E-state index is 0.431. The van der Waals surface area contributed by atoms with Gasteiger partial charge in [-0.15, -0.1) is 0 Å². The SMILES string of the molecule is CCSC1CCCC(NC(=NC)NCc2nc(-c3ccc(Cl)cc3)no2)C1. The Labute approximate surface area is 169 Å². The van der Waals surface area contributed by atoms with Crippen LogP contribution in [0.15, 0.2) is 33.8 Å². The van der Waals surface area contributed by atoms with E-state index >= 15 is 0 Å². The highest BCUT2D eigenvalue weighted by Gasteiger charge is 2.22. The Balaban J connectivity index is 1.52. The Morgan fingerprint density at radius 2 is 2.15 bits per heavy atom. The number of hydrogen-bond acceptors (Lipinski definition) is 5. The van der Waals surface area contributed by atoms with Crippen molar-refractivity contribution in [2.45, 2.75) is 50.4 Å². The Bertz CT molecular complexity index is 747. The maximum atomic E-state index is 5.92. The summed E-state index contributed by atoms with van der Waals surface area (Å²) >= 11 is 7.98. The lowest BCUT2D eigenvalue weighted by Crippen LogP contribution is -2.45. The summed E-state index contributed by atoms with van der Waals surface area (Å²) < 4.78 is 5.34. The van der Waals surface area contributed by atoms with Gasteiger partial charge in [0.05, 0.1) is 6.54 Å². The molecule has 2 N–H and O–H groups in total. The minimum Gasteiger partial charge on any atom is -0.354 e. The Morgan fingerprint density at radius 1 is 1.33 bits per heavy atom. The van der Waals surface area contributed by atoms with Crippen molar-refractivity contribution in [1.82, 2.24) is 20.8 Å². The van der Waals surface area contributed by atoms with E-state index in [0.29, 0.717) is 29.3 Å². The third-order valence-corrected chi connectivity index (χ3v) is 6.06. The summed E-state index contributed by atoms with van der Waals surface area (Å²) in [4.78, 5) is 8.76. The van der Waals surface area contributed by atoms with Gasteiger partial charge in [0.15, 0.2) is 5.96 Å². The molecule has 1 fully saturated rings. The molecule has 0 aliphatic heterocycles. The number of nitrogens with one attached hydrogen (secondary N) is 2. The van der Waals surface area contributed by atoms with Crippen LogP contribution >= 0.6 is 23.4 Å². The van der Waals surface area contributed by atoms with Crippen molar-refractivity contribution in [2.75, 3.05) is 12.8 Å². The van der Waals surface area contributed by atoms with Gasteiger partial charge in [0, 0.05) is 28.9 Å². The number of aromatic nitrogens is 2. The molecule has 146 valence electrons. The number of rotatable bonds is 6. The van der Waals surface area contributed by atoms with Crippen LogP contribution in [0.3, 0.4) is 0 Å². The number of nitrogens with zero attached hydrogens (tertiary/aromatic N) is 3. The summed E-state index contributed by atoms with van der Waals surface area (Å²) in [5.41, 5.74) is 0.874. The molecule has 1 aromatic carbocycles. The van der Waals surface area contributed by atoms with Crippen LogP contribution < -0.4 is 10.6 Å². The summed E-state index contributed by atoms with van der Waals surface area (Å²) in [7, 11) is 1.78. The Kier molecular flexibility index (Phi) is 7.41. The highest BCUT2D eigenvalue weighted by atomic mass is 35.5. The van der Waals surface area contributed by atoms with Gasteiger partial charge in [0.1, 0.15) is 0 Å². The fraction of sp³-hybridized carbons (Fsp3) is 0.526. The van der Waals surface area contributed by atoms with Gasteiger partial charge in [-0.2, -0.15) is 16.7 Å². The second-order valence-corrected chi connectivity index (χ2v) is 8.54. The average molecular weight is 408 g/mol. The quantitative estimate of drug-likeness (QED) is 0.554. The van der Waals surface area contributed by atoms with Gasteiger partial charge in [0.25, 0.3) is 0 Å². The fourth-order valence-electron chi connectivity index (χ4n) is 3.25. The zero-order valence-corrected chi connectivity index (χ0v) is 17.3. The first-order valence-electron chi connectivity index (χ1n) is 9.35. The van der Waals surface area contributed by atoms with E-state index in [2.05, 4.69) is 44.5 Å². The lowest BCUT2D eigenvalue weighted by Gasteiger charge is -2.30. The maximum Gasteiger partial charge on any atom is 0.246 e. The van der Waals surface area contributed by atoms with Crippen LogP contribution in [0.4, 0.5) is 0 Å². The molecule has 1 aliphatic rings. The molecule has 1 aliphatic carbocycles. The summed E-state index contributed by atoms with van der Waals surface area (Å²) in [6.45, 7) is 2.66. The number of aliphatic imine (C=N–C) groups is 1. The van der Waals surface area contributed by atoms with Gasteiger partial charge in [0.2, 0.25) is 11.7 Å². The number of hydrogen-bond donors (Lipinski definition) is 2. The molecule has 8 heteroatoms. The number of halogens is 1. The van der Waals surface area contributed by atoms with E-state index in [1.807, 2.05) is 24.3 Å². The second kappa shape index (κ2) is 9.99. The van der Waals surface area contributed by atoms with E-state index in [4.69, 9.17) is 16.1 Å². The van der Waals surface area contributed by atoms with Crippen LogP contribution in [0.1, 0.15) is 38.5 Å². The van der Waals surface area contributed by atoms with Gasteiger partial charge in [-0.1, -0.05) is 30.1 Å². The first-order valence-corrected chi connectivity index (χ1v) is 10.8. The fourth-order valence-corrected chi connectivity index (χ4v) is 4.55. The predicted octanol–water partition coefficient (Wildman–Crippen LogP) is 4.12. The van der Waals surface area contributed by atoms with Gasteiger partial charge in [-0.05, 0) is 49.3 Å². The number of benzene rings is 1. The van der Waals surface area contributed by atoms with Crippen molar-refractivity contribution in [1.29, 1.82) is 0 Å². The monoisotopic (exact) mass is 407 g/mol. The molecule has 0 amide bonds. The topological polar surface area (TPSA) is 75.3 Å². The zero-order valence-electron chi connectivity index (χ0n) is 15.7. The Morgan fingerprint density at radius 3 is 2.89 bits per heavy atom. The van der Waals surface area contributed by atoms with Crippen LogP contribution in [-0.4, -0.2) is 40.2 Å². The van der Waals surface area contributed by atoms with Crippen molar-refractivity contribution in [3.05, 3.63) is 35.2 Å². The van der Waals surface area contributed by atoms with E-state index in [0.717, 1.165) is 16.8 Å². The number of thioether (sulfide) groups is 1. The standard InChI is InChI=1S/C19H26ClN5OS/c1-3-27-16-6-4-5-15(11-16)23-19(21-2)22-12-17-24-18(25-26-17)13-7-9-14(20)10-8-13/h7-10,15-16H,3-6,11-12H2,1-2H3,(H2,21,22,23). The van der Waals surface area contributed by atoms with Crippen molar-refractivity contribution >= 4 is 29.3 Å². The third-order valence-electron chi connectivity index (χ3n) is 4.57. The molecule has 6 nitrogen and oxygen atoms in total. The van der Waals surface area contributed by atoms with Crippen LogP contribution in [0.2, 0.25) is 5.02 Å². The summed E-state index contributed by atoms with van der Waals surface area (Å²) in [6, 6.07) is 7.83. The molecule has 0 saturated heterocycles. The average Bonchev–Trinajstić information content (AvgIpc) is 3.15. The molecule has 2 unspecified atom stereocenters. The van der Waals surface area contributed by atoms with E-state index < -0.39 is 0 Å². The second-order valence-electron chi connectivity index (χ2n) is 6.53. The van der Waals surface area contributed by atoms with E-state index in [1.54, 1.807) is 7.05 Å². The van der Waals surface area contributed by atoms with E-state index in [-0.39, 0.29) is 0 Å². The van der Waals surface area contributed by atoms with E-state index in [1.165, 1.54) is 31.4 Å². The molecular formula is C19H26ClN5OS. The third kappa shape index (κ3) is 5.87. The first kappa shape index (κ1) is 20.0. The minimum atomic E-state index is 0.431. The number of guanidine groups is 1. The van der Waals surface area contributed by atoms with Gasteiger partial charge in [-0.25, -0.2) is 0 Å². The predicted molar refractivity (Wildman–Crippen MR) is 112 cm³/mol. The first-order chi connectivity index (χ1) is 13.2. The van der Waals surface area contributed by atoms with E-state index in [9.17, 15) is 0 Å². The molecule has 2 aromatic rings.